The fourth-order valence-electron chi connectivity index (χ4n) is 4.12. The maximum Gasteiger partial charge on any atom is 0.145 e. The maximum atomic E-state index is 9.87. The standard InChI is InChI=1S/C28H22Cl2N2O2/c29-19-11-13-20(14-12-19)31-17-23-27(18-9-15-21(33)16-10-18)32-25-7-3-4-8-26(25)34-28(23)22-5-1-2-6-24(22)30/h1-16,23,28,31,33H,17H2. The van der Waals surface area contributed by atoms with Crippen LogP contribution < -0.4 is 10.1 Å². The molecule has 4 nitrogen and oxygen atoms in total. The molecule has 1 aliphatic heterocycles. The highest BCUT2D eigenvalue weighted by molar-refractivity contribution is 6.31. The number of rotatable bonds is 5. The SMILES string of the molecule is Oc1ccc(C2=Nc3ccccc3OC(c3ccccc3Cl)C2CNc2ccc(Cl)cc2)cc1. The van der Waals surface area contributed by atoms with Crippen LogP contribution in [0.5, 0.6) is 11.5 Å². The number of hydrogen-bond acceptors (Lipinski definition) is 4. The summed E-state index contributed by atoms with van der Waals surface area (Å²) in [7, 11) is 0. The van der Waals surface area contributed by atoms with Crippen molar-refractivity contribution in [3.63, 3.8) is 0 Å². The van der Waals surface area contributed by atoms with Gasteiger partial charge in [0.05, 0.1) is 11.6 Å². The lowest BCUT2D eigenvalue weighted by atomic mass is 9.87. The molecular formula is C28H22Cl2N2O2. The van der Waals surface area contributed by atoms with Crippen LogP contribution >= 0.6 is 23.2 Å². The Morgan fingerprint density at radius 3 is 2.29 bits per heavy atom. The van der Waals surface area contributed by atoms with Crippen molar-refractivity contribution in [3.05, 3.63) is 118 Å². The Labute approximate surface area is 208 Å². The van der Waals surface area contributed by atoms with Crippen molar-refractivity contribution in [2.45, 2.75) is 6.10 Å². The number of ether oxygens (including phenoxy) is 1. The van der Waals surface area contributed by atoms with Gasteiger partial charge in [0.25, 0.3) is 0 Å². The Morgan fingerprint density at radius 2 is 1.53 bits per heavy atom. The van der Waals surface area contributed by atoms with Crippen molar-refractivity contribution in [2.24, 2.45) is 10.9 Å². The highest BCUT2D eigenvalue weighted by Crippen LogP contribution is 2.42. The summed E-state index contributed by atoms with van der Waals surface area (Å²) in [5.74, 6) is 0.693. The molecule has 0 saturated heterocycles. The zero-order valence-corrected chi connectivity index (χ0v) is 19.7. The molecule has 6 heteroatoms. The Kier molecular flexibility index (Phi) is 6.43. The molecule has 1 heterocycles. The number of para-hydroxylation sites is 2. The normalized spacial score (nSPS) is 17.2. The van der Waals surface area contributed by atoms with Gasteiger partial charge in [0.1, 0.15) is 23.3 Å². The number of aliphatic imine (C=N–C) groups is 1. The first kappa shape index (κ1) is 22.3. The second kappa shape index (κ2) is 9.80. The van der Waals surface area contributed by atoms with Gasteiger partial charge in [-0.3, -0.25) is 0 Å². The Hall–Kier alpha value is -3.47. The molecule has 0 aliphatic carbocycles. The van der Waals surface area contributed by atoms with Gasteiger partial charge in [0.15, 0.2) is 0 Å². The second-order valence-electron chi connectivity index (χ2n) is 8.07. The van der Waals surface area contributed by atoms with Gasteiger partial charge in [-0.1, -0.05) is 53.5 Å². The molecule has 0 aromatic heterocycles. The van der Waals surface area contributed by atoms with Crippen molar-refractivity contribution < 1.29 is 9.84 Å². The molecule has 4 aromatic rings. The summed E-state index contributed by atoms with van der Waals surface area (Å²) in [5.41, 5.74) is 4.32. The summed E-state index contributed by atoms with van der Waals surface area (Å²) in [5, 5.41) is 14.7. The van der Waals surface area contributed by atoms with Crippen LogP contribution in [0, 0.1) is 5.92 Å². The molecule has 170 valence electrons. The van der Waals surface area contributed by atoms with E-state index in [0.717, 1.165) is 28.2 Å². The van der Waals surface area contributed by atoms with Crippen LogP contribution in [0.4, 0.5) is 11.4 Å². The predicted octanol–water partition coefficient (Wildman–Crippen LogP) is 7.68. The Balaban J connectivity index is 1.63. The monoisotopic (exact) mass is 488 g/mol. The first-order valence-electron chi connectivity index (χ1n) is 11.0. The van der Waals surface area contributed by atoms with Crippen LogP contribution in [-0.4, -0.2) is 17.4 Å². The van der Waals surface area contributed by atoms with Crippen molar-refractivity contribution in [1.82, 2.24) is 0 Å². The minimum absolute atomic E-state index is 0.201. The zero-order chi connectivity index (χ0) is 23.5. The van der Waals surface area contributed by atoms with Gasteiger partial charge in [0.2, 0.25) is 0 Å². The fourth-order valence-corrected chi connectivity index (χ4v) is 4.49. The van der Waals surface area contributed by atoms with Gasteiger partial charge in [-0.2, -0.15) is 0 Å². The highest BCUT2D eigenvalue weighted by Gasteiger charge is 2.34. The third-order valence-corrected chi connectivity index (χ3v) is 6.42. The van der Waals surface area contributed by atoms with E-state index in [1.54, 1.807) is 12.1 Å². The van der Waals surface area contributed by atoms with Crippen LogP contribution in [0.15, 0.2) is 102 Å². The molecule has 0 spiro atoms. The lowest BCUT2D eigenvalue weighted by Gasteiger charge is -2.29. The number of phenolic OH excluding ortho intramolecular Hbond substituents is 1. The average Bonchev–Trinajstić information content (AvgIpc) is 3.01. The van der Waals surface area contributed by atoms with Crippen LogP contribution in [-0.2, 0) is 0 Å². The number of nitrogens with one attached hydrogen (secondary N) is 1. The predicted molar refractivity (Wildman–Crippen MR) is 139 cm³/mol. The summed E-state index contributed by atoms with van der Waals surface area (Å²) >= 11 is 12.7. The Morgan fingerprint density at radius 1 is 0.824 bits per heavy atom. The Bertz CT molecular complexity index is 1320. The van der Waals surface area contributed by atoms with Gasteiger partial charge < -0.3 is 15.2 Å². The molecule has 34 heavy (non-hydrogen) atoms. The smallest absolute Gasteiger partial charge is 0.145 e. The van der Waals surface area contributed by atoms with Crippen molar-refractivity contribution >= 4 is 40.3 Å². The largest absolute Gasteiger partial charge is 0.508 e. The number of aromatic hydroxyl groups is 1. The number of nitrogens with zero attached hydrogens (tertiary/aromatic N) is 1. The second-order valence-corrected chi connectivity index (χ2v) is 8.91. The van der Waals surface area contributed by atoms with E-state index in [9.17, 15) is 5.11 Å². The minimum Gasteiger partial charge on any atom is -0.508 e. The van der Waals surface area contributed by atoms with Crippen molar-refractivity contribution in [1.29, 1.82) is 0 Å². The van der Waals surface area contributed by atoms with Gasteiger partial charge in [-0.25, -0.2) is 4.99 Å². The number of hydrogen-bond donors (Lipinski definition) is 2. The van der Waals surface area contributed by atoms with E-state index in [1.807, 2.05) is 84.9 Å². The minimum atomic E-state index is -0.398. The molecule has 0 bridgehead atoms. The summed E-state index contributed by atoms with van der Waals surface area (Å²) in [4.78, 5) is 5.06. The van der Waals surface area contributed by atoms with E-state index >= 15 is 0 Å². The summed E-state index contributed by atoms with van der Waals surface area (Å²) in [6.45, 7) is 0.533. The third-order valence-electron chi connectivity index (χ3n) is 5.82. The average molecular weight is 489 g/mol. The van der Waals surface area contributed by atoms with Crippen LogP contribution in [0.1, 0.15) is 17.2 Å². The van der Waals surface area contributed by atoms with E-state index < -0.39 is 6.10 Å². The molecule has 0 radical (unpaired) electrons. The molecule has 4 aromatic carbocycles. The van der Waals surface area contributed by atoms with Crippen LogP contribution in [0.25, 0.3) is 0 Å². The maximum absolute atomic E-state index is 9.87. The molecule has 2 N–H and O–H groups in total. The van der Waals surface area contributed by atoms with Gasteiger partial charge in [0, 0.05) is 27.8 Å². The van der Waals surface area contributed by atoms with Crippen LogP contribution in [0.3, 0.4) is 0 Å². The first-order chi connectivity index (χ1) is 16.6. The summed E-state index contributed by atoms with van der Waals surface area (Å²) in [6.07, 6.45) is -0.398. The topological polar surface area (TPSA) is 53.9 Å². The van der Waals surface area contributed by atoms with E-state index in [2.05, 4.69) is 5.32 Å². The summed E-state index contributed by atoms with van der Waals surface area (Å²) in [6, 6.07) is 30.1. The van der Waals surface area contributed by atoms with Crippen LogP contribution in [0.2, 0.25) is 10.0 Å². The zero-order valence-electron chi connectivity index (χ0n) is 18.2. The lowest BCUT2D eigenvalue weighted by molar-refractivity contribution is 0.176. The molecule has 2 atom stereocenters. The highest BCUT2D eigenvalue weighted by atomic mass is 35.5. The number of halogens is 2. The van der Waals surface area contributed by atoms with E-state index in [4.69, 9.17) is 32.9 Å². The van der Waals surface area contributed by atoms with Crippen molar-refractivity contribution in [2.75, 3.05) is 11.9 Å². The van der Waals surface area contributed by atoms with Gasteiger partial charge in [-0.15, -0.1) is 0 Å². The number of fused-ring (bicyclic) bond motifs is 1. The van der Waals surface area contributed by atoms with E-state index in [1.165, 1.54) is 0 Å². The molecule has 0 amide bonds. The first-order valence-corrected chi connectivity index (χ1v) is 11.7. The molecule has 5 rings (SSSR count). The molecular weight excluding hydrogens is 467 g/mol. The van der Waals surface area contributed by atoms with E-state index in [-0.39, 0.29) is 11.7 Å². The van der Waals surface area contributed by atoms with Gasteiger partial charge in [-0.05, 0) is 72.3 Å². The van der Waals surface area contributed by atoms with Crippen molar-refractivity contribution in [3.8, 4) is 11.5 Å². The molecule has 0 fully saturated rings. The van der Waals surface area contributed by atoms with Gasteiger partial charge >= 0.3 is 0 Å². The third kappa shape index (κ3) is 4.74. The molecule has 1 aliphatic rings. The number of phenols is 1. The number of anilines is 1. The molecule has 2 unspecified atom stereocenters. The quantitative estimate of drug-likeness (QED) is 0.302. The summed E-state index contributed by atoms with van der Waals surface area (Å²) < 4.78 is 6.61. The molecule has 0 saturated carbocycles. The lowest BCUT2D eigenvalue weighted by Crippen LogP contribution is -2.32. The fraction of sp³-hybridized carbons (Fsp3) is 0.107. The number of benzene rings is 4. The van der Waals surface area contributed by atoms with E-state index in [0.29, 0.717) is 22.3 Å².